The molecule has 28 heavy (non-hydrogen) atoms. The Hall–Kier alpha value is -2.34. The maximum Gasteiger partial charge on any atom is 0.325 e. The second-order valence-electron chi connectivity index (χ2n) is 6.19. The third kappa shape index (κ3) is 10.1. The Balaban J connectivity index is 5.24. The summed E-state index contributed by atoms with van der Waals surface area (Å²) >= 11 is 1.43. The van der Waals surface area contributed by atoms with Crippen molar-refractivity contribution in [1.82, 2.24) is 16.0 Å². The van der Waals surface area contributed by atoms with Gasteiger partial charge in [-0.05, 0) is 38.7 Å². The molecule has 0 saturated heterocycles. The molecule has 4 unspecified atom stereocenters. The topological polar surface area (TPSA) is 188 Å². The first-order valence-electron chi connectivity index (χ1n) is 8.59. The monoisotopic (exact) mass is 420 g/mol. The molecule has 7 N–H and O–H groups in total. The molecule has 0 spiro atoms. The van der Waals surface area contributed by atoms with E-state index < -0.39 is 53.8 Å². The summed E-state index contributed by atoms with van der Waals surface area (Å²) in [6.07, 6.45) is 1.45. The molecule has 3 amide bonds. The first-order valence-corrected chi connectivity index (χ1v) is 9.99. The van der Waals surface area contributed by atoms with Gasteiger partial charge in [-0.1, -0.05) is 0 Å². The predicted molar refractivity (Wildman–Crippen MR) is 103 cm³/mol. The summed E-state index contributed by atoms with van der Waals surface area (Å²) in [5, 5.41) is 24.8. The van der Waals surface area contributed by atoms with Crippen LogP contribution < -0.4 is 21.7 Å². The number of rotatable bonds is 13. The smallest absolute Gasteiger partial charge is 0.325 e. The first kappa shape index (κ1) is 25.7. The molecule has 0 rings (SSSR count). The summed E-state index contributed by atoms with van der Waals surface area (Å²) < 4.78 is 0. The molecule has 0 radical (unpaired) electrons. The molecule has 11 nitrogen and oxygen atoms in total. The maximum absolute atomic E-state index is 12.5. The van der Waals surface area contributed by atoms with Crippen molar-refractivity contribution in [1.29, 1.82) is 0 Å². The number of aliphatic carboxylic acids is 2. The molecule has 0 heterocycles. The number of carbonyl (C=O) groups excluding carboxylic acids is 3. The van der Waals surface area contributed by atoms with E-state index in [9.17, 15) is 24.0 Å². The van der Waals surface area contributed by atoms with Crippen molar-refractivity contribution in [2.45, 2.75) is 57.3 Å². The first-order chi connectivity index (χ1) is 13.0. The fourth-order valence-corrected chi connectivity index (χ4v) is 2.46. The van der Waals surface area contributed by atoms with E-state index >= 15 is 0 Å². The largest absolute Gasteiger partial charge is 0.481 e. The highest BCUT2D eigenvalue weighted by Crippen LogP contribution is 2.05. The van der Waals surface area contributed by atoms with E-state index in [0.717, 1.165) is 0 Å². The number of nitrogens with two attached hydrogens (primary N) is 1. The van der Waals surface area contributed by atoms with Crippen molar-refractivity contribution in [2.24, 2.45) is 5.73 Å². The van der Waals surface area contributed by atoms with Crippen LogP contribution in [-0.2, 0) is 24.0 Å². The number of nitrogens with one attached hydrogen (secondary N) is 3. The molecular weight excluding hydrogens is 392 g/mol. The SMILES string of the molecule is CSCCC(NC(=O)C(CCC(=O)O)NC(=O)C(C)N)C(=O)NC(C)C(=O)O. The van der Waals surface area contributed by atoms with Gasteiger partial charge >= 0.3 is 11.9 Å². The fraction of sp³-hybridized carbons (Fsp3) is 0.688. The van der Waals surface area contributed by atoms with Crippen LogP contribution >= 0.6 is 11.8 Å². The van der Waals surface area contributed by atoms with Crippen molar-refractivity contribution >= 4 is 41.4 Å². The number of hydrogen-bond acceptors (Lipinski definition) is 7. The Morgan fingerprint density at radius 1 is 0.893 bits per heavy atom. The van der Waals surface area contributed by atoms with Crippen LogP contribution in [0.3, 0.4) is 0 Å². The quantitative estimate of drug-likeness (QED) is 0.206. The molecule has 0 saturated carbocycles. The minimum Gasteiger partial charge on any atom is -0.481 e. The van der Waals surface area contributed by atoms with Crippen molar-refractivity contribution in [3.63, 3.8) is 0 Å². The van der Waals surface area contributed by atoms with Gasteiger partial charge in [0.05, 0.1) is 6.04 Å². The predicted octanol–water partition coefficient (Wildman–Crippen LogP) is -1.49. The van der Waals surface area contributed by atoms with Crippen molar-refractivity contribution in [3.8, 4) is 0 Å². The van der Waals surface area contributed by atoms with E-state index in [-0.39, 0.29) is 19.3 Å². The molecule has 0 aromatic rings. The van der Waals surface area contributed by atoms with Crippen molar-refractivity contribution < 1.29 is 34.2 Å². The number of amides is 3. The van der Waals surface area contributed by atoms with Crippen LogP contribution in [0.2, 0.25) is 0 Å². The van der Waals surface area contributed by atoms with E-state index in [1.165, 1.54) is 25.6 Å². The van der Waals surface area contributed by atoms with Gasteiger partial charge in [0, 0.05) is 6.42 Å². The van der Waals surface area contributed by atoms with Crippen LogP contribution in [-0.4, -0.2) is 76.0 Å². The molecular formula is C16H28N4O7S. The van der Waals surface area contributed by atoms with Crippen LogP contribution in [0.25, 0.3) is 0 Å². The zero-order valence-corrected chi connectivity index (χ0v) is 16.9. The second kappa shape index (κ2) is 12.9. The van der Waals surface area contributed by atoms with Gasteiger partial charge in [0.1, 0.15) is 18.1 Å². The summed E-state index contributed by atoms with van der Waals surface area (Å²) in [6, 6.07) is -4.30. The van der Waals surface area contributed by atoms with Gasteiger partial charge < -0.3 is 31.9 Å². The molecule has 0 aliphatic rings. The number of carboxylic acid groups (broad SMARTS) is 2. The Kier molecular flexibility index (Phi) is 11.9. The molecule has 160 valence electrons. The lowest BCUT2D eigenvalue weighted by atomic mass is 10.1. The molecule has 12 heteroatoms. The Morgan fingerprint density at radius 3 is 1.86 bits per heavy atom. The molecule has 0 aliphatic carbocycles. The number of hydrogen-bond donors (Lipinski definition) is 6. The van der Waals surface area contributed by atoms with E-state index in [1.807, 2.05) is 0 Å². The molecule has 0 aromatic carbocycles. The van der Waals surface area contributed by atoms with Crippen molar-refractivity contribution in [3.05, 3.63) is 0 Å². The van der Waals surface area contributed by atoms with E-state index in [0.29, 0.717) is 5.75 Å². The van der Waals surface area contributed by atoms with Gasteiger partial charge in [-0.3, -0.25) is 24.0 Å². The third-order valence-corrected chi connectivity index (χ3v) is 4.31. The summed E-state index contributed by atoms with van der Waals surface area (Å²) in [5.41, 5.74) is 5.46. The van der Waals surface area contributed by atoms with E-state index in [1.54, 1.807) is 6.26 Å². The van der Waals surface area contributed by atoms with Crippen LogP contribution in [0.4, 0.5) is 0 Å². The number of carboxylic acids is 2. The standard InChI is InChI=1S/C16H28N4O7S/c1-8(17)13(23)19-10(4-5-12(21)22)15(25)20-11(6-7-28-3)14(24)18-9(2)16(26)27/h8-11H,4-7,17H2,1-3H3,(H,18,24)(H,19,23)(H,20,25)(H,21,22)(H,26,27). The maximum atomic E-state index is 12.5. The number of thioether (sulfide) groups is 1. The lowest BCUT2D eigenvalue weighted by Crippen LogP contribution is -2.56. The Morgan fingerprint density at radius 2 is 1.39 bits per heavy atom. The van der Waals surface area contributed by atoms with Gasteiger partial charge in [-0.25, -0.2) is 0 Å². The van der Waals surface area contributed by atoms with Crippen LogP contribution in [0, 0.1) is 0 Å². The summed E-state index contributed by atoms with van der Waals surface area (Å²) in [7, 11) is 0. The normalized spacial score (nSPS) is 14.9. The number of carbonyl (C=O) groups is 5. The van der Waals surface area contributed by atoms with Gasteiger partial charge in [-0.15, -0.1) is 0 Å². The highest BCUT2D eigenvalue weighted by molar-refractivity contribution is 7.98. The summed E-state index contributed by atoms with van der Waals surface area (Å²) in [5.74, 6) is -3.96. The summed E-state index contributed by atoms with van der Waals surface area (Å²) in [4.78, 5) is 58.4. The van der Waals surface area contributed by atoms with Crippen LogP contribution in [0.1, 0.15) is 33.1 Å². The van der Waals surface area contributed by atoms with Crippen molar-refractivity contribution in [2.75, 3.05) is 12.0 Å². The lowest BCUT2D eigenvalue weighted by Gasteiger charge is -2.24. The van der Waals surface area contributed by atoms with Crippen LogP contribution in [0.5, 0.6) is 0 Å². The fourth-order valence-electron chi connectivity index (χ4n) is 1.99. The summed E-state index contributed by atoms with van der Waals surface area (Å²) in [6.45, 7) is 2.69. The average Bonchev–Trinajstić information content (AvgIpc) is 2.60. The lowest BCUT2D eigenvalue weighted by molar-refractivity contribution is -0.141. The second-order valence-corrected chi connectivity index (χ2v) is 7.18. The molecule has 4 atom stereocenters. The molecule has 0 bridgehead atoms. The third-order valence-electron chi connectivity index (χ3n) is 3.67. The average molecular weight is 420 g/mol. The van der Waals surface area contributed by atoms with Gasteiger partial charge in [0.15, 0.2) is 0 Å². The highest BCUT2D eigenvalue weighted by atomic mass is 32.2. The van der Waals surface area contributed by atoms with Gasteiger partial charge in [0.2, 0.25) is 17.7 Å². The molecule has 0 aromatic heterocycles. The minimum absolute atomic E-state index is 0.192. The zero-order chi connectivity index (χ0) is 21.9. The van der Waals surface area contributed by atoms with Crippen LogP contribution in [0.15, 0.2) is 0 Å². The van der Waals surface area contributed by atoms with E-state index in [4.69, 9.17) is 15.9 Å². The van der Waals surface area contributed by atoms with E-state index in [2.05, 4.69) is 16.0 Å². The Bertz CT molecular complexity index is 585. The minimum atomic E-state index is -1.23. The molecule has 0 aliphatic heterocycles. The molecule has 0 fully saturated rings. The zero-order valence-electron chi connectivity index (χ0n) is 16.1. The highest BCUT2D eigenvalue weighted by Gasteiger charge is 2.28. The Labute approximate surface area is 167 Å². The van der Waals surface area contributed by atoms with Gasteiger partial charge in [-0.2, -0.15) is 11.8 Å². The van der Waals surface area contributed by atoms with Gasteiger partial charge in [0.25, 0.3) is 0 Å².